The summed E-state index contributed by atoms with van der Waals surface area (Å²) in [5.41, 5.74) is 5.86. The van der Waals surface area contributed by atoms with Gasteiger partial charge in [-0.15, -0.1) is 11.6 Å². The van der Waals surface area contributed by atoms with Crippen molar-refractivity contribution in [2.75, 3.05) is 5.88 Å². The highest BCUT2D eigenvalue weighted by molar-refractivity contribution is 6.17. The number of nitrogens with zero attached hydrogens (tertiary/aromatic N) is 2. The number of alkyl halides is 1. The van der Waals surface area contributed by atoms with E-state index >= 15 is 0 Å². The molecule has 0 fully saturated rings. The van der Waals surface area contributed by atoms with Crippen molar-refractivity contribution in [1.82, 2.24) is 9.55 Å². The number of halogens is 3. The number of carbonyl (C=O) groups is 1. The van der Waals surface area contributed by atoms with Crippen LogP contribution in [0.3, 0.4) is 0 Å². The van der Waals surface area contributed by atoms with Crippen LogP contribution in [0.2, 0.25) is 0 Å². The van der Waals surface area contributed by atoms with Gasteiger partial charge in [-0.3, -0.25) is 4.79 Å². The van der Waals surface area contributed by atoms with Gasteiger partial charge in [0, 0.05) is 24.4 Å². The minimum Gasteiger partial charge on any atom is -0.368 e. The molecule has 0 spiro atoms. The molecule has 19 heavy (non-hydrogen) atoms. The van der Waals surface area contributed by atoms with Crippen LogP contribution in [0, 0.1) is 11.6 Å². The Morgan fingerprint density at radius 2 is 2.11 bits per heavy atom. The van der Waals surface area contributed by atoms with Crippen LogP contribution in [0.4, 0.5) is 8.78 Å². The molecule has 1 atom stereocenters. The SMILES string of the molecule is CC(C(N)=O)n1c(CCCl)nc2cc(F)c(F)cc21. The van der Waals surface area contributed by atoms with Gasteiger partial charge in [-0.25, -0.2) is 13.8 Å². The first-order valence-corrected chi connectivity index (χ1v) is 6.20. The smallest absolute Gasteiger partial charge is 0.240 e. The van der Waals surface area contributed by atoms with E-state index in [-0.39, 0.29) is 11.4 Å². The van der Waals surface area contributed by atoms with Crippen LogP contribution in [-0.2, 0) is 11.2 Å². The van der Waals surface area contributed by atoms with E-state index in [9.17, 15) is 13.6 Å². The van der Waals surface area contributed by atoms with E-state index in [4.69, 9.17) is 17.3 Å². The second kappa shape index (κ2) is 5.13. The van der Waals surface area contributed by atoms with Gasteiger partial charge in [0.15, 0.2) is 11.6 Å². The monoisotopic (exact) mass is 287 g/mol. The third-order valence-corrected chi connectivity index (χ3v) is 3.11. The summed E-state index contributed by atoms with van der Waals surface area (Å²) in [6, 6.07) is 1.29. The highest BCUT2D eigenvalue weighted by Crippen LogP contribution is 2.24. The van der Waals surface area contributed by atoms with Crippen LogP contribution < -0.4 is 5.73 Å². The number of nitrogens with two attached hydrogens (primary N) is 1. The minimum atomic E-state index is -0.997. The molecule has 7 heteroatoms. The lowest BCUT2D eigenvalue weighted by molar-refractivity contribution is -0.120. The molecule has 102 valence electrons. The molecule has 0 aliphatic heterocycles. The fraction of sp³-hybridized carbons (Fsp3) is 0.333. The van der Waals surface area contributed by atoms with E-state index in [1.807, 2.05) is 0 Å². The third kappa shape index (κ3) is 2.40. The average Bonchev–Trinajstić information content (AvgIpc) is 2.66. The van der Waals surface area contributed by atoms with Crippen LogP contribution >= 0.6 is 11.6 Å². The number of rotatable bonds is 4. The molecule has 0 saturated heterocycles. The summed E-state index contributed by atoms with van der Waals surface area (Å²) in [4.78, 5) is 15.5. The Bertz CT molecular complexity index is 641. The zero-order valence-electron chi connectivity index (χ0n) is 10.2. The minimum absolute atomic E-state index is 0.270. The summed E-state index contributed by atoms with van der Waals surface area (Å²) < 4.78 is 28.0. The average molecular weight is 288 g/mol. The second-order valence-corrected chi connectivity index (χ2v) is 4.55. The summed E-state index contributed by atoms with van der Waals surface area (Å²) in [5.74, 6) is -1.81. The Morgan fingerprint density at radius 1 is 1.47 bits per heavy atom. The molecule has 1 heterocycles. The lowest BCUT2D eigenvalue weighted by atomic mass is 10.2. The molecule has 1 aromatic carbocycles. The molecule has 4 nitrogen and oxygen atoms in total. The van der Waals surface area contributed by atoms with E-state index < -0.39 is 23.6 Å². The van der Waals surface area contributed by atoms with Gasteiger partial charge in [-0.05, 0) is 6.92 Å². The number of benzene rings is 1. The van der Waals surface area contributed by atoms with Crippen molar-refractivity contribution in [2.24, 2.45) is 5.73 Å². The number of aryl methyl sites for hydroxylation is 1. The lowest BCUT2D eigenvalue weighted by Crippen LogP contribution is -2.25. The molecular weight excluding hydrogens is 276 g/mol. The highest BCUT2D eigenvalue weighted by Gasteiger charge is 2.20. The van der Waals surface area contributed by atoms with Gasteiger partial charge in [0.2, 0.25) is 5.91 Å². The van der Waals surface area contributed by atoms with Gasteiger partial charge < -0.3 is 10.3 Å². The first-order valence-electron chi connectivity index (χ1n) is 5.66. The van der Waals surface area contributed by atoms with Crippen molar-refractivity contribution in [2.45, 2.75) is 19.4 Å². The zero-order valence-corrected chi connectivity index (χ0v) is 10.9. The van der Waals surface area contributed by atoms with Gasteiger partial charge in [-0.2, -0.15) is 0 Å². The maximum Gasteiger partial charge on any atom is 0.240 e. The number of fused-ring (bicyclic) bond motifs is 1. The van der Waals surface area contributed by atoms with Crippen molar-refractivity contribution in [3.63, 3.8) is 0 Å². The topological polar surface area (TPSA) is 60.9 Å². The first kappa shape index (κ1) is 13.7. The first-order chi connectivity index (χ1) is 8.95. The Morgan fingerprint density at radius 3 is 2.68 bits per heavy atom. The van der Waals surface area contributed by atoms with Crippen molar-refractivity contribution >= 4 is 28.5 Å². The number of imidazole rings is 1. The number of carbonyl (C=O) groups excluding carboxylic acids is 1. The van der Waals surface area contributed by atoms with Gasteiger partial charge in [-0.1, -0.05) is 0 Å². The van der Waals surface area contributed by atoms with Gasteiger partial charge in [0.1, 0.15) is 11.9 Å². The molecule has 2 N–H and O–H groups in total. The van der Waals surface area contributed by atoms with E-state index in [2.05, 4.69) is 4.98 Å². The van der Waals surface area contributed by atoms with Crippen molar-refractivity contribution < 1.29 is 13.6 Å². The largest absolute Gasteiger partial charge is 0.368 e. The Balaban J connectivity index is 2.72. The Labute approximate surface area is 113 Å². The Hall–Kier alpha value is -1.69. The molecular formula is C12H12ClF2N3O. The zero-order chi connectivity index (χ0) is 14.2. The molecule has 0 aliphatic carbocycles. The van der Waals surface area contributed by atoms with Crippen LogP contribution in [0.1, 0.15) is 18.8 Å². The predicted molar refractivity (Wildman–Crippen MR) is 68.0 cm³/mol. The van der Waals surface area contributed by atoms with E-state index in [1.54, 1.807) is 6.92 Å². The second-order valence-electron chi connectivity index (χ2n) is 4.17. The van der Waals surface area contributed by atoms with Gasteiger partial charge in [0.25, 0.3) is 0 Å². The van der Waals surface area contributed by atoms with E-state index in [0.29, 0.717) is 17.8 Å². The predicted octanol–water partition coefficient (Wildman–Crippen LogP) is 2.14. The molecule has 0 saturated carbocycles. The van der Waals surface area contributed by atoms with E-state index in [1.165, 1.54) is 4.57 Å². The Kier molecular flexibility index (Phi) is 3.71. The van der Waals surface area contributed by atoms with Crippen molar-refractivity contribution in [3.8, 4) is 0 Å². The molecule has 1 amide bonds. The molecule has 1 unspecified atom stereocenters. The maximum absolute atomic E-state index is 13.3. The highest BCUT2D eigenvalue weighted by atomic mass is 35.5. The van der Waals surface area contributed by atoms with Gasteiger partial charge in [0.05, 0.1) is 11.0 Å². The normalized spacial score (nSPS) is 12.8. The van der Waals surface area contributed by atoms with E-state index in [0.717, 1.165) is 12.1 Å². The van der Waals surface area contributed by atoms with Crippen LogP contribution in [-0.4, -0.2) is 21.3 Å². The maximum atomic E-state index is 13.3. The van der Waals surface area contributed by atoms with Crippen LogP contribution in [0.15, 0.2) is 12.1 Å². The summed E-state index contributed by atoms with van der Waals surface area (Å²) in [6.45, 7) is 1.57. The number of primary amides is 1. The van der Waals surface area contributed by atoms with Crippen LogP contribution in [0.5, 0.6) is 0 Å². The molecule has 2 rings (SSSR count). The molecule has 1 aromatic heterocycles. The molecule has 2 aromatic rings. The number of aromatic nitrogens is 2. The van der Waals surface area contributed by atoms with Gasteiger partial charge >= 0.3 is 0 Å². The lowest BCUT2D eigenvalue weighted by Gasteiger charge is -2.14. The standard InChI is InChI=1S/C12H12ClF2N3O/c1-6(12(16)19)18-10-5-8(15)7(14)4-9(10)17-11(18)2-3-13/h4-6H,2-3H2,1H3,(H2,16,19). The fourth-order valence-electron chi connectivity index (χ4n) is 1.96. The number of amides is 1. The summed E-state index contributed by atoms with van der Waals surface area (Å²) >= 11 is 5.66. The van der Waals surface area contributed by atoms with Crippen molar-refractivity contribution in [3.05, 3.63) is 29.6 Å². The quantitative estimate of drug-likeness (QED) is 0.876. The fourth-order valence-corrected chi connectivity index (χ4v) is 2.13. The summed E-state index contributed by atoms with van der Waals surface area (Å²) in [5, 5.41) is 0. The summed E-state index contributed by atoms with van der Waals surface area (Å²) in [7, 11) is 0. The third-order valence-electron chi connectivity index (χ3n) is 2.92. The number of hydrogen-bond donors (Lipinski definition) is 1. The van der Waals surface area contributed by atoms with Crippen molar-refractivity contribution in [1.29, 1.82) is 0 Å². The number of hydrogen-bond acceptors (Lipinski definition) is 2. The molecule has 0 bridgehead atoms. The summed E-state index contributed by atoms with van der Waals surface area (Å²) in [6.07, 6.45) is 0.372. The molecule has 0 aliphatic rings. The molecule has 0 radical (unpaired) electrons. The van der Waals surface area contributed by atoms with Crippen LogP contribution in [0.25, 0.3) is 11.0 Å².